The van der Waals surface area contributed by atoms with Crippen LogP contribution in [0.25, 0.3) is 0 Å². The number of nitrogens with zero attached hydrogens (tertiary/aromatic N) is 1. The van der Waals surface area contributed by atoms with Crippen LogP contribution >= 0.6 is 11.6 Å². The van der Waals surface area contributed by atoms with E-state index in [1.165, 1.54) is 6.92 Å². The molecule has 0 saturated heterocycles. The fraction of sp³-hybridized carbons (Fsp3) is 0.154. The Hall–Kier alpha value is -3.97. The molecule has 0 bridgehead atoms. The second-order valence-electron chi connectivity index (χ2n) is 7.40. The van der Waals surface area contributed by atoms with Crippen LogP contribution in [0.5, 0.6) is 0 Å². The molecule has 0 saturated carbocycles. The number of benzene rings is 3. The molecule has 2 N–H and O–H groups in total. The van der Waals surface area contributed by atoms with E-state index in [0.29, 0.717) is 16.3 Å². The minimum Gasteiger partial charge on any atom is -0.455 e. The molecule has 0 fully saturated rings. The summed E-state index contributed by atoms with van der Waals surface area (Å²) in [6.07, 6.45) is -0.142. The molecule has 0 radical (unpaired) electrons. The van der Waals surface area contributed by atoms with Crippen LogP contribution in [-0.4, -0.2) is 30.1 Å². The van der Waals surface area contributed by atoms with Crippen molar-refractivity contribution in [2.24, 2.45) is 5.10 Å². The third kappa shape index (κ3) is 7.56. The summed E-state index contributed by atoms with van der Waals surface area (Å²) in [6, 6.07) is 25.0. The maximum absolute atomic E-state index is 12.3. The van der Waals surface area contributed by atoms with Crippen LogP contribution in [0, 0.1) is 0 Å². The maximum atomic E-state index is 12.3. The lowest BCUT2D eigenvalue weighted by atomic mass is 10.0. The van der Waals surface area contributed by atoms with E-state index in [4.69, 9.17) is 16.3 Å². The number of carbonyl (C=O) groups excluding carboxylic acids is 3. The molecular formula is C26H24ClN3O4. The minimum absolute atomic E-state index is 0.142. The van der Waals surface area contributed by atoms with Gasteiger partial charge in [0.25, 0.3) is 5.91 Å². The van der Waals surface area contributed by atoms with Gasteiger partial charge in [-0.3, -0.25) is 14.4 Å². The van der Waals surface area contributed by atoms with Gasteiger partial charge < -0.3 is 10.1 Å². The second kappa shape index (κ2) is 12.3. The number of amides is 2. The lowest BCUT2D eigenvalue weighted by Crippen LogP contribution is -2.30. The van der Waals surface area contributed by atoms with Crippen molar-refractivity contribution in [3.8, 4) is 0 Å². The zero-order valence-corrected chi connectivity index (χ0v) is 19.3. The quantitative estimate of drug-likeness (QED) is 0.276. The molecule has 0 aliphatic rings. The summed E-state index contributed by atoms with van der Waals surface area (Å²) in [5.74, 6) is -1.52. The molecule has 174 valence electrons. The van der Waals surface area contributed by atoms with Gasteiger partial charge in [0.15, 0.2) is 6.61 Å². The summed E-state index contributed by atoms with van der Waals surface area (Å²) >= 11 is 5.91. The van der Waals surface area contributed by atoms with E-state index in [0.717, 1.165) is 11.1 Å². The predicted octanol–water partition coefficient (Wildman–Crippen LogP) is 4.02. The van der Waals surface area contributed by atoms with Crippen LogP contribution in [0.4, 0.5) is 0 Å². The normalized spacial score (nSPS) is 11.1. The van der Waals surface area contributed by atoms with Crippen molar-refractivity contribution in [2.45, 2.75) is 19.4 Å². The van der Waals surface area contributed by atoms with Crippen molar-refractivity contribution in [1.29, 1.82) is 0 Å². The van der Waals surface area contributed by atoms with E-state index in [1.54, 1.807) is 24.3 Å². The first-order valence-electron chi connectivity index (χ1n) is 10.6. The Bertz CT molecular complexity index is 1110. The van der Waals surface area contributed by atoms with Crippen molar-refractivity contribution in [3.63, 3.8) is 0 Å². The van der Waals surface area contributed by atoms with Gasteiger partial charge in [-0.15, -0.1) is 0 Å². The van der Waals surface area contributed by atoms with E-state index in [1.807, 2.05) is 60.7 Å². The highest BCUT2D eigenvalue weighted by Crippen LogP contribution is 2.20. The van der Waals surface area contributed by atoms with E-state index in [2.05, 4.69) is 15.8 Å². The summed E-state index contributed by atoms with van der Waals surface area (Å²) in [6.45, 7) is 0.851. The van der Waals surface area contributed by atoms with Gasteiger partial charge in [-0.05, 0) is 17.7 Å². The van der Waals surface area contributed by atoms with Crippen LogP contribution in [-0.2, 0) is 19.1 Å². The smallest absolute Gasteiger partial charge is 0.308 e. The summed E-state index contributed by atoms with van der Waals surface area (Å²) < 4.78 is 5.11. The Kier molecular flexibility index (Phi) is 8.94. The van der Waals surface area contributed by atoms with Gasteiger partial charge in [-0.25, -0.2) is 5.43 Å². The van der Waals surface area contributed by atoms with Gasteiger partial charge in [0.05, 0.1) is 18.2 Å². The van der Waals surface area contributed by atoms with Crippen LogP contribution in [0.15, 0.2) is 90.0 Å². The van der Waals surface area contributed by atoms with Gasteiger partial charge in [0.2, 0.25) is 5.91 Å². The third-order valence-electron chi connectivity index (χ3n) is 4.77. The Morgan fingerprint density at radius 3 is 1.97 bits per heavy atom. The molecule has 0 heterocycles. The highest BCUT2D eigenvalue weighted by Gasteiger charge is 2.19. The largest absolute Gasteiger partial charge is 0.455 e. The lowest BCUT2D eigenvalue weighted by Gasteiger charge is -2.17. The van der Waals surface area contributed by atoms with Gasteiger partial charge in [0.1, 0.15) is 0 Å². The summed E-state index contributed by atoms with van der Waals surface area (Å²) in [4.78, 5) is 36.2. The highest BCUT2D eigenvalue weighted by atomic mass is 35.5. The van der Waals surface area contributed by atoms with Crippen molar-refractivity contribution < 1.29 is 19.1 Å². The average molecular weight is 478 g/mol. The summed E-state index contributed by atoms with van der Waals surface area (Å²) in [5.41, 5.74) is 5.37. The molecule has 0 spiro atoms. The number of hydrazone groups is 1. The maximum Gasteiger partial charge on any atom is 0.308 e. The van der Waals surface area contributed by atoms with Crippen LogP contribution < -0.4 is 10.7 Å². The number of ether oxygens (including phenoxy) is 1. The summed E-state index contributed by atoms with van der Waals surface area (Å²) in [5, 5.41) is 7.50. The Morgan fingerprint density at radius 2 is 1.44 bits per heavy atom. The molecule has 0 aromatic heterocycles. The molecule has 1 unspecified atom stereocenters. The Morgan fingerprint density at radius 1 is 0.882 bits per heavy atom. The molecule has 3 rings (SSSR count). The number of rotatable bonds is 9. The van der Waals surface area contributed by atoms with Gasteiger partial charge in [0, 0.05) is 23.1 Å². The number of esters is 1. The topological polar surface area (TPSA) is 96.9 Å². The predicted molar refractivity (Wildman–Crippen MR) is 130 cm³/mol. The van der Waals surface area contributed by atoms with Crippen LogP contribution in [0.2, 0.25) is 5.02 Å². The fourth-order valence-electron chi connectivity index (χ4n) is 3.20. The first kappa shape index (κ1) is 24.7. The first-order valence-corrected chi connectivity index (χ1v) is 11.0. The van der Waals surface area contributed by atoms with Gasteiger partial charge in [-0.1, -0.05) is 84.4 Å². The average Bonchev–Trinajstić information content (AvgIpc) is 2.84. The highest BCUT2D eigenvalue weighted by molar-refractivity contribution is 6.30. The Labute approximate surface area is 202 Å². The monoisotopic (exact) mass is 477 g/mol. The molecule has 34 heavy (non-hydrogen) atoms. The Balaban J connectivity index is 1.61. The number of hydrogen-bond donors (Lipinski definition) is 2. The van der Waals surface area contributed by atoms with E-state index >= 15 is 0 Å². The molecule has 0 aliphatic carbocycles. The van der Waals surface area contributed by atoms with Crippen molar-refractivity contribution in [3.05, 3.63) is 107 Å². The molecule has 8 heteroatoms. The van der Waals surface area contributed by atoms with Crippen molar-refractivity contribution in [1.82, 2.24) is 10.7 Å². The molecular weight excluding hydrogens is 454 g/mol. The fourth-order valence-corrected chi connectivity index (χ4v) is 3.33. The third-order valence-corrected chi connectivity index (χ3v) is 5.02. The van der Waals surface area contributed by atoms with E-state index in [-0.39, 0.29) is 12.3 Å². The standard InChI is InChI=1S/C26H24ClN3O4/c1-18(31)28-23(19-12-14-22(27)15-13-19)16-25(33)34-17-24(32)29-30-26(20-8-4-2-5-9-20)21-10-6-3-7-11-21/h2-15,23H,16-17H2,1H3,(H,28,31)(H,29,32). The van der Waals surface area contributed by atoms with Crippen molar-refractivity contribution in [2.75, 3.05) is 6.61 Å². The lowest BCUT2D eigenvalue weighted by molar-refractivity contribution is -0.149. The number of carbonyl (C=O) groups is 3. The van der Waals surface area contributed by atoms with Crippen LogP contribution in [0.1, 0.15) is 36.1 Å². The van der Waals surface area contributed by atoms with Gasteiger partial charge in [-0.2, -0.15) is 5.10 Å². The molecule has 3 aromatic rings. The molecule has 2 amide bonds. The SMILES string of the molecule is CC(=O)NC(CC(=O)OCC(=O)NN=C(c1ccccc1)c1ccccc1)c1ccc(Cl)cc1. The number of halogens is 1. The number of nitrogens with one attached hydrogen (secondary N) is 2. The van der Waals surface area contributed by atoms with E-state index in [9.17, 15) is 14.4 Å². The zero-order chi connectivity index (χ0) is 24.3. The van der Waals surface area contributed by atoms with Crippen LogP contribution in [0.3, 0.4) is 0 Å². The molecule has 0 aliphatic heterocycles. The van der Waals surface area contributed by atoms with Gasteiger partial charge >= 0.3 is 5.97 Å². The zero-order valence-electron chi connectivity index (χ0n) is 18.5. The molecule has 3 aromatic carbocycles. The molecule has 1 atom stereocenters. The second-order valence-corrected chi connectivity index (χ2v) is 7.83. The first-order chi connectivity index (χ1) is 16.4. The van der Waals surface area contributed by atoms with E-state index < -0.39 is 24.5 Å². The summed E-state index contributed by atoms with van der Waals surface area (Å²) in [7, 11) is 0. The minimum atomic E-state index is -0.640. The molecule has 7 nitrogen and oxygen atoms in total. The van der Waals surface area contributed by atoms with Crippen molar-refractivity contribution >= 4 is 35.1 Å². The number of hydrogen-bond acceptors (Lipinski definition) is 5.